The summed E-state index contributed by atoms with van der Waals surface area (Å²) in [7, 11) is 0. The molecule has 1 amide bonds. The van der Waals surface area contributed by atoms with Gasteiger partial charge in [-0.25, -0.2) is 9.97 Å². The summed E-state index contributed by atoms with van der Waals surface area (Å²) < 4.78 is 0. The highest BCUT2D eigenvalue weighted by atomic mass is 16.1. The van der Waals surface area contributed by atoms with Crippen LogP contribution >= 0.6 is 0 Å². The van der Waals surface area contributed by atoms with E-state index in [0.29, 0.717) is 17.8 Å². The maximum atomic E-state index is 11.9. The van der Waals surface area contributed by atoms with Crippen LogP contribution < -0.4 is 16.6 Å². The Morgan fingerprint density at radius 1 is 1.28 bits per heavy atom. The molecule has 0 aliphatic heterocycles. The average molecular weight is 244 g/mol. The number of nitrogen functional groups attached to an aromatic ring is 1. The Kier molecular flexibility index (Phi) is 3.77. The molecule has 0 saturated carbocycles. The highest BCUT2D eigenvalue weighted by molar-refractivity contribution is 5.99. The molecule has 2 heterocycles. The smallest absolute Gasteiger partial charge is 0.253 e. The molecule has 7 heteroatoms. The zero-order valence-electron chi connectivity index (χ0n) is 9.50. The predicted octanol–water partition coefficient (Wildman–Crippen LogP) is 0.0872. The van der Waals surface area contributed by atoms with Crippen molar-refractivity contribution in [1.29, 1.82) is 0 Å². The number of anilines is 1. The third-order valence-corrected chi connectivity index (χ3v) is 2.29. The number of aromatic nitrogens is 3. The number of pyridine rings is 1. The van der Waals surface area contributed by atoms with E-state index in [1.165, 1.54) is 18.7 Å². The SMILES string of the molecule is NNc1cnccc1C(=O)NCc1ccncn1. The van der Waals surface area contributed by atoms with Gasteiger partial charge in [-0.2, -0.15) is 0 Å². The molecule has 0 aliphatic rings. The van der Waals surface area contributed by atoms with Gasteiger partial charge >= 0.3 is 0 Å². The van der Waals surface area contributed by atoms with E-state index in [2.05, 4.69) is 25.7 Å². The number of amides is 1. The summed E-state index contributed by atoms with van der Waals surface area (Å²) in [6, 6.07) is 3.32. The maximum Gasteiger partial charge on any atom is 0.253 e. The highest BCUT2D eigenvalue weighted by Gasteiger charge is 2.10. The summed E-state index contributed by atoms with van der Waals surface area (Å²) in [5, 5.41) is 2.74. The monoisotopic (exact) mass is 244 g/mol. The van der Waals surface area contributed by atoms with Gasteiger partial charge in [0.2, 0.25) is 0 Å². The van der Waals surface area contributed by atoms with E-state index in [1.807, 2.05) is 0 Å². The first-order valence-electron chi connectivity index (χ1n) is 5.25. The van der Waals surface area contributed by atoms with Crippen molar-refractivity contribution in [2.75, 3.05) is 5.43 Å². The van der Waals surface area contributed by atoms with Crippen molar-refractivity contribution in [1.82, 2.24) is 20.3 Å². The quantitative estimate of drug-likeness (QED) is 0.520. The molecule has 7 nitrogen and oxygen atoms in total. The first-order chi connectivity index (χ1) is 8.81. The van der Waals surface area contributed by atoms with Gasteiger partial charge in [0.15, 0.2) is 0 Å². The largest absolute Gasteiger partial charge is 0.346 e. The van der Waals surface area contributed by atoms with E-state index < -0.39 is 0 Å². The Morgan fingerprint density at radius 3 is 2.83 bits per heavy atom. The van der Waals surface area contributed by atoms with Crippen molar-refractivity contribution in [3.05, 3.63) is 48.3 Å². The Morgan fingerprint density at radius 2 is 2.11 bits per heavy atom. The van der Waals surface area contributed by atoms with E-state index in [1.54, 1.807) is 18.3 Å². The molecule has 2 aromatic heterocycles. The summed E-state index contributed by atoms with van der Waals surface area (Å²) in [4.78, 5) is 23.6. The summed E-state index contributed by atoms with van der Waals surface area (Å²) in [6.07, 6.45) is 6.06. The first kappa shape index (κ1) is 11.9. The Balaban J connectivity index is 2.04. The summed E-state index contributed by atoms with van der Waals surface area (Å²) in [5.41, 5.74) is 4.06. The lowest BCUT2D eigenvalue weighted by atomic mass is 10.2. The van der Waals surface area contributed by atoms with Crippen LogP contribution in [0.15, 0.2) is 37.1 Å². The molecule has 0 aromatic carbocycles. The Labute approximate surface area is 103 Å². The number of carbonyl (C=O) groups is 1. The van der Waals surface area contributed by atoms with Gasteiger partial charge in [0.1, 0.15) is 6.33 Å². The zero-order chi connectivity index (χ0) is 12.8. The number of nitrogens with one attached hydrogen (secondary N) is 2. The lowest BCUT2D eigenvalue weighted by Gasteiger charge is -2.08. The van der Waals surface area contributed by atoms with Gasteiger partial charge in [-0.05, 0) is 12.1 Å². The molecule has 0 bridgehead atoms. The van der Waals surface area contributed by atoms with Crippen LogP contribution in [0, 0.1) is 0 Å². The second-order valence-corrected chi connectivity index (χ2v) is 3.45. The highest BCUT2D eigenvalue weighted by Crippen LogP contribution is 2.11. The van der Waals surface area contributed by atoms with E-state index in [-0.39, 0.29) is 5.91 Å². The minimum Gasteiger partial charge on any atom is -0.346 e. The van der Waals surface area contributed by atoms with Crippen LogP contribution in [0.4, 0.5) is 5.69 Å². The molecule has 18 heavy (non-hydrogen) atoms. The maximum absolute atomic E-state index is 11.9. The zero-order valence-corrected chi connectivity index (χ0v) is 9.50. The average Bonchev–Trinajstić information content (AvgIpc) is 2.45. The number of rotatable bonds is 4. The van der Waals surface area contributed by atoms with E-state index in [9.17, 15) is 4.79 Å². The van der Waals surface area contributed by atoms with Crippen LogP contribution in [0.25, 0.3) is 0 Å². The molecular weight excluding hydrogens is 232 g/mol. The standard InChI is InChI=1S/C11H12N6O/c12-17-10-6-13-4-2-9(10)11(18)15-5-8-1-3-14-7-16-8/h1-4,6-7,17H,5,12H2,(H,15,18). The summed E-state index contributed by atoms with van der Waals surface area (Å²) >= 11 is 0. The van der Waals surface area contributed by atoms with Gasteiger partial charge in [0, 0.05) is 12.4 Å². The van der Waals surface area contributed by atoms with Gasteiger partial charge < -0.3 is 10.7 Å². The molecule has 2 rings (SSSR count). The Hall–Kier alpha value is -2.54. The number of nitrogens with zero attached hydrogens (tertiary/aromatic N) is 3. The fourth-order valence-electron chi connectivity index (χ4n) is 1.40. The van der Waals surface area contributed by atoms with Crippen LogP contribution in [0.2, 0.25) is 0 Å². The normalized spacial score (nSPS) is 9.83. The number of hydrogen-bond acceptors (Lipinski definition) is 6. The number of hydrogen-bond donors (Lipinski definition) is 3. The van der Waals surface area contributed by atoms with Gasteiger partial charge in [-0.1, -0.05) is 0 Å². The predicted molar refractivity (Wildman–Crippen MR) is 65.2 cm³/mol. The van der Waals surface area contributed by atoms with Crippen LogP contribution in [-0.2, 0) is 6.54 Å². The molecule has 4 N–H and O–H groups in total. The van der Waals surface area contributed by atoms with E-state index >= 15 is 0 Å². The van der Waals surface area contributed by atoms with Crippen LogP contribution in [0.3, 0.4) is 0 Å². The third-order valence-electron chi connectivity index (χ3n) is 2.29. The first-order valence-corrected chi connectivity index (χ1v) is 5.25. The van der Waals surface area contributed by atoms with Crippen LogP contribution in [-0.4, -0.2) is 20.9 Å². The van der Waals surface area contributed by atoms with E-state index in [0.717, 1.165) is 5.69 Å². The molecule has 0 unspecified atom stereocenters. The summed E-state index contributed by atoms with van der Waals surface area (Å²) in [6.45, 7) is 0.327. The second-order valence-electron chi connectivity index (χ2n) is 3.45. The molecule has 0 atom stereocenters. The molecule has 0 saturated heterocycles. The van der Waals surface area contributed by atoms with Crippen molar-refractivity contribution in [2.24, 2.45) is 5.84 Å². The number of hydrazine groups is 1. The van der Waals surface area contributed by atoms with Gasteiger partial charge in [0.25, 0.3) is 5.91 Å². The van der Waals surface area contributed by atoms with Crippen molar-refractivity contribution in [2.45, 2.75) is 6.54 Å². The minimum atomic E-state index is -0.246. The van der Waals surface area contributed by atoms with Crippen molar-refractivity contribution >= 4 is 11.6 Å². The molecule has 0 aliphatic carbocycles. The Bertz CT molecular complexity index is 530. The summed E-state index contributed by atoms with van der Waals surface area (Å²) in [5.74, 6) is 5.06. The van der Waals surface area contributed by atoms with Crippen molar-refractivity contribution in [3.63, 3.8) is 0 Å². The van der Waals surface area contributed by atoms with E-state index in [4.69, 9.17) is 5.84 Å². The minimum absolute atomic E-state index is 0.246. The number of nitrogens with two attached hydrogens (primary N) is 1. The van der Waals surface area contributed by atoms with Gasteiger partial charge in [-0.3, -0.25) is 15.6 Å². The second kappa shape index (κ2) is 5.69. The van der Waals surface area contributed by atoms with Crippen molar-refractivity contribution < 1.29 is 4.79 Å². The van der Waals surface area contributed by atoms with Crippen LogP contribution in [0.5, 0.6) is 0 Å². The van der Waals surface area contributed by atoms with Crippen LogP contribution in [0.1, 0.15) is 16.1 Å². The molecule has 0 spiro atoms. The number of carbonyl (C=O) groups excluding carboxylic acids is 1. The molecule has 2 aromatic rings. The van der Waals surface area contributed by atoms with Crippen molar-refractivity contribution in [3.8, 4) is 0 Å². The lowest BCUT2D eigenvalue weighted by molar-refractivity contribution is 0.0951. The molecule has 0 fully saturated rings. The molecule has 0 radical (unpaired) electrons. The lowest BCUT2D eigenvalue weighted by Crippen LogP contribution is -2.25. The van der Waals surface area contributed by atoms with Gasteiger partial charge in [-0.15, -0.1) is 0 Å². The fourth-order valence-corrected chi connectivity index (χ4v) is 1.40. The molecular formula is C11H12N6O. The fraction of sp³-hybridized carbons (Fsp3) is 0.0909. The van der Waals surface area contributed by atoms with Gasteiger partial charge in [0.05, 0.1) is 29.7 Å². The third kappa shape index (κ3) is 2.77. The molecule has 92 valence electrons. The topological polar surface area (TPSA) is 106 Å².